The second kappa shape index (κ2) is 26.9. The molecule has 4 heteroatoms. The van der Waals surface area contributed by atoms with Crippen molar-refractivity contribution in [3.05, 3.63) is 0 Å². The van der Waals surface area contributed by atoms with E-state index in [0.717, 1.165) is 25.7 Å². The van der Waals surface area contributed by atoms with Gasteiger partial charge in [-0.2, -0.15) is 0 Å². The molecular weight excluding hydrogens is 364 g/mol. The smallest absolute Gasteiger partial charge is 0.303 e. The van der Waals surface area contributed by atoms with E-state index in [4.69, 9.17) is 10.2 Å². The van der Waals surface area contributed by atoms with Gasteiger partial charge in [-0.25, -0.2) is 0 Å². The van der Waals surface area contributed by atoms with Crippen molar-refractivity contribution in [1.82, 2.24) is 0 Å². The lowest BCUT2D eigenvalue weighted by molar-refractivity contribution is -0.138. The first-order chi connectivity index (χ1) is 14.0. The van der Waals surface area contributed by atoms with E-state index in [-0.39, 0.29) is 0 Å². The molecule has 0 bridgehead atoms. The van der Waals surface area contributed by atoms with Crippen LogP contribution in [0.15, 0.2) is 0 Å². The van der Waals surface area contributed by atoms with Gasteiger partial charge in [-0.05, 0) is 12.8 Å². The minimum Gasteiger partial charge on any atom is -0.481 e. The Morgan fingerprint density at radius 3 is 0.828 bits per heavy atom. The highest BCUT2D eigenvalue weighted by molar-refractivity contribution is 5.66. The fourth-order valence-electron chi connectivity index (χ4n) is 3.35. The van der Waals surface area contributed by atoms with E-state index in [1.165, 1.54) is 96.3 Å². The van der Waals surface area contributed by atoms with Crippen LogP contribution in [0.25, 0.3) is 0 Å². The molecule has 0 spiro atoms. The Morgan fingerprint density at radius 2 is 0.621 bits per heavy atom. The summed E-state index contributed by atoms with van der Waals surface area (Å²) in [6, 6.07) is 0. The molecule has 0 fully saturated rings. The maximum Gasteiger partial charge on any atom is 0.303 e. The van der Waals surface area contributed by atoms with E-state index in [9.17, 15) is 9.59 Å². The van der Waals surface area contributed by atoms with Gasteiger partial charge in [0.05, 0.1) is 0 Å². The van der Waals surface area contributed by atoms with Crippen molar-refractivity contribution in [1.29, 1.82) is 0 Å². The predicted octanol–water partition coefficient (Wildman–Crippen LogP) is 8.37. The highest BCUT2D eigenvalue weighted by Gasteiger charge is 1.97. The molecular formula is C25H50O4. The van der Waals surface area contributed by atoms with Gasteiger partial charge in [0, 0.05) is 12.8 Å². The van der Waals surface area contributed by atoms with Crippen LogP contribution in [0.2, 0.25) is 0 Å². The molecule has 0 aliphatic rings. The molecule has 0 aliphatic carbocycles. The van der Waals surface area contributed by atoms with Gasteiger partial charge in [-0.3, -0.25) is 9.59 Å². The van der Waals surface area contributed by atoms with Gasteiger partial charge in [0.1, 0.15) is 0 Å². The summed E-state index contributed by atoms with van der Waals surface area (Å²) in [5.74, 6) is -1.32. The first-order valence-electron chi connectivity index (χ1n) is 12.5. The normalized spacial score (nSPS) is 10.4. The van der Waals surface area contributed by atoms with Gasteiger partial charge in [0.25, 0.3) is 0 Å². The molecule has 0 saturated heterocycles. The number of carbonyl (C=O) groups is 2. The van der Waals surface area contributed by atoms with Crippen molar-refractivity contribution in [2.45, 2.75) is 149 Å². The van der Waals surface area contributed by atoms with Crippen molar-refractivity contribution < 1.29 is 19.8 Å². The summed E-state index contributed by atoms with van der Waals surface area (Å²) >= 11 is 0. The summed E-state index contributed by atoms with van der Waals surface area (Å²) in [4.78, 5) is 20.4. The Kier molecular flexibility index (Phi) is 28.0. The van der Waals surface area contributed by atoms with Crippen molar-refractivity contribution in [2.24, 2.45) is 0 Å². The average Bonchev–Trinajstić information content (AvgIpc) is 2.68. The molecule has 0 aromatic carbocycles. The van der Waals surface area contributed by atoms with Crippen molar-refractivity contribution in [2.75, 3.05) is 0 Å². The van der Waals surface area contributed by atoms with E-state index < -0.39 is 11.9 Å². The van der Waals surface area contributed by atoms with E-state index in [0.29, 0.717) is 12.8 Å². The Hall–Kier alpha value is -1.06. The van der Waals surface area contributed by atoms with Gasteiger partial charge in [-0.1, -0.05) is 123 Å². The minimum atomic E-state index is -0.666. The highest BCUT2D eigenvalue weighted by Crippen LogP contribution is 2.12. The van der Waals surface area contributed by atoms with Gasteiger partial charge < -0.3 is 10.2 Å². The molecule has 0 aliphatic heterocycles. The summed E-state index contributed by atoms with van der Waals surface area (Å²) in [5.41, 5.74) is 0. The molecule has 174 valence electrons. The second-order valence-electron chi connectivity index (χ2n) is 8.30. The fourth-order valence-corrected chi connectivity index (χ4v) is 3.35. The van der Waals surface area contributed by atoms with Crippen molar-refractivity contribution in [3.8, 4) is 0 Å². The van der Waals surface area contributed by atoms with Crippen molar-refractivity contribution in [3.63, 3.8) is 0 Å². The van der Waals surface area contributed by atoms with Crippen LogP contribution in [-0.4, -0.2) is 22.2 Å². The molecule has 0 atom stereocenters. The van der Waals surface area contributed by atoms with Crippen LogP contribution in [0.4, 0.5) is 0 Å². The fraction of sp³-hybridized carbons (Fsp3) is 0.920. The van der Waals surface area contributed by atoms with E-state index in [1.807, 2.05) is 0 Å². The van der Waals surface area contributed by atoms with E-state index in [2.05, 4.69) is 13.8 Å². The molecule has 0 unspecified atom stereocenters. The molecule has 29 heavy (non-hydrogen) atoms. The minimum absolute atomic E-state index is 0.339. The van der Waals surface area contributed by atoms with Gasteiger partial charge in [-0.15, -0.1) is 0 Å². The molecule has 0 heterocycles. The zero-order valence-corrected chi connectivity index (χ0v) is 19.6. The summed E-state index contributed by atoms with van der Waals surface area (Å²) < 4.78 is 0. The lowest BCUT2D eigenvalue weighted by Gasteiger charge is -2.02. The maximum atomic E-state index is 10.3. The monoisotopic (exact) mass is 414 g/mol. The summed E-state index contributed by atoms with van der Waals surface area (Å²) in [5, 5.41) is 16.8. The Bertz CT molecular complexity index is 342. The first kappa shape index (κ1) is 30.1. The number of unbranched alkanes of at least 4 members (excludes halogenated alkanes) is 17. The SMILES string of the molecule is CCCCCCCCC(=O)O.CCCCCCCCCCCCCCCC(=O)O. The van der Waals surface area contributed by atoms with E-state index in [1.54, 1.807) is 0 Å². The molecule has 0 amide bonds. The summed E-state index contributed by atoms with van der Waals surface area (Å²) in [6.07, 6.45) is 24.5. The largest absolute Gasteiger partial charge is 0.481 e. The van der Waals surface area contributed by atoms with Crippen LogP contribution >= 0.6 is 0 Å². The third-order valence-electron chi connectivity index (χ3n) is 5.24. The van der Waals surface area contributed by atoms with Crippen LogP contribution in [0, 0.1) is 0 Å². The number of aliphatic carboxylic acids is 2. The number of carboxylic acid groups (broad SMARTS) is 2. The Balaban J connectivity index is 0. The van der Waals surface area contributed by atoms with E-state index >= 15 is 0 Å². The highest BCUT2D eigenvalue weighted by atomic mass is 16.4. The first-order valence-corrected chi connectivity index (χ1v) is 12.5. The summed E-state index contributed by atoms with van der Waals surface area (Å²) in [7, 11) is 0. The zero-order chi connectivity index (χ0) is 22.0. The second-order valence-corrected chi connectivity index (χ2v) is 8.30. The third kappa shape index (κ3) is 34.8. The van der Waals surface area contributed by atoms with Gasteiger partial charge >= 0.3 is 11.9 Å². The van der Waals surface area contributed by atoms with Gasteiger partial charge in [0.2, 0.25) is 0 Å². The maximum absolute atomic E-state index is 10.3. The molecule has 0 radical (unpaired) electrons. The molecule has 0 aromatic heterocycles. The third-order valence-corrected chi connectivity index (χ3v) is 5.24. The lowest BCUT2D eigenvalue weighted by Crippen LogP contribution is -1.93. The number of hydrogen-bond donors (Lipinski definition) is 2. The zero-order valence-electron chi connectivity index (χ0n) is 19.6. The van der Waals surface area contributed by atoms with Gasteiger partial charge in [0.15, 0.2) is 0 Å². The molecule has 4 nitrogen and oxygen atoms in total. The van der Waals surface area contributed by atoms with Crippen LogP contribution in [-0.2, 0) is 9.59 Å². The predicted molar refractivity (Wildman–Crippen MR) is 124 cm³/mol. The number of hydrogen-bond acceptors (Lipinski definition) is 2. The lowest BCUT2D eigenvalue weighted by atomic mass is 10.0. The number of rotatable bonds is 21. The molecule has 0 aromatic rings. The quantitative estimate of drug-likeness (QED) is 0.185. The molecule has 0 rings (SSSR count). The van der Waals surface area contributed by atoms with Crippen LogP contribution < -0.4 is 0 Å². The Labute approximate surface area is 180 Å². The van der Waals surface area contributed by atoms with Crippen molar-refractivity contribution >= 4 is 11.9 Å². The standard InChI is InChI=1S/C16H32O2.C9H18O2/c1-2-3-4-5-6-7-8-9-10-11-12-13-14-15-16(17)18;1-2-3-4-5-6-7-8-9(10)11/h2-15H2,1H3,(H,17,18);2-8H2,1H3,(H,10,11). The van der Waals surface area contributed by atoms with Crippen LogP contribution in [0.1, 0.15) is 149 Å². The Morgan fingerprint density at radius 1 is 0.414 bits per heavy atom. The summed E-state index contributed by atoms with van der Waals surface area (Å²) in [6.45, 7) is 4.44. The molecule has 2 N–H and O–H groups in total. The average molecular weight is 415 g/mol. The topological polar surface area (TPSA) is 74.6 Å². The molecule has 0 saturated carbocycles. The number of carboxylic acids is 2. The van der Waals surface area contributed by atoms with Crippen LogP contribution in [0.5, 0.6) is 0 Å². The van der Waals surface area contributed by atoms with Crippen LogP contribution in [0.3, 0.4) is 0 Å².